The lowest BCUT2D eigenvalue weighted by atomic mass is 9.50. The van der Waals surface area contributed by atoms with Gasteiger partial charge < -0.3 is 0 Å². The minimum Gasteiger partial charge on any atom is -0.0697 e. The van der Waals surface area contributed by atoms with Crippen LogP contribution in [0.3, 0.4) is 0 Å². The maximum Gasteiger partial charge on any atom is 0.0411 e. The molecular formula is C87H144Si. The van der Waals surface area contributed by atoms with E-state index in [1.165, 1.54) is 110 Å². The smallest absolute Gasteiger partial charge is 0.0411 e. The average molecular weight is 1220 g/mol. The fourth-order valence-electron chi connectivity index (χ4n) is 12.0. The zero-order chi connectivity index (χ0) is 67.5. The minimum absolute atomic E-state index is 0.500. The van der Waals surface area contributed by atoms with Gasteiger partial charge in [-0.05, 0) is 213 Å². The molecule has 0 amide bonds. The molecule has 4 bridgehead atoms. The summed E-state index contributed by atoms with van der Waals surface area (Å²) < 4.78 is 0. The van der Waals surface area contributed by atoms with E-state index in [2.05, 4.69) is 309 Å². The van der Waals surface area contributed by atoms with Crippen LogP contribution in [0.1, 0.15) is 281 Å². The van der Waals surface area contributed by atoms with Crippen molar-refractivity contribution in [3.05, 3.63) is 189 Å². The van der Waals surface area contributed by atoms with Crippen molar-refractivity contribution in [3.63, 3.8) is 0 Å². The highest BCUT2D eigenvalue weighted by Crippen LogP contribution is 2.59. The van der Waals surface area contributed by atoms with Crippen molar-refractivity contribution in [1.82, 2.24) is 0 Å². The summed E-state index contributed by atoms with van der Waals surface area (Å²) >= 11 is 0. The molecule has 1 heteroatoms. The van der Waals surface area contributed by atoms with E-state index in [9.17, 15) is 0 Å². The van der Waals surface area contributed by atoms with E-state index in [1.807, 2.05) is 24.3 Å². The second kappa shape index (κ2) is 43.5. The number of rotatable bonds is 4. The Labute approximate surface area is 551 Å². The monoisotopic (exact) mass is 1220 g/mol. The van der Waals surface area contributed by atoms with Gasteiger partial charge in [-0.1, -0.05) is 333 Å². The second-order valence-electron chi connectivity index (χ2n) is 32.9. The standard InChI is InChI=1S/C14H22.C11H18.C11H10.C10H14.C9H12.C7H14.C7H8.2C5H12.C4H12Si.C4H10/c1-9(2)13-7-11(5)8-14(10(3)4)12(13)6;1-11-5-8-2-9(6-11)4-10(3-8)7-11;1-9-5-4-7-10-6-2-3-8-11(9)10;1-7-5-8(2)10(4)9(3)6-7;1-8(2)9-6-4-3-5-7-9;2*1-7-5-3-2-4-6-7;1-5(2,3)4;1-4-5(2)3;1-5(2,3)4;1-4(2)3/h7-10H,1-6H3;8-10H,2-7H2,1H3;2-8H,1H3;5-6H,1-4H3;3-8H,1-2H3;7H,2-6H2,1H3;2-6H,1H3;1-4H3;5H,4H2,1-3H3;1-4H3;4H,1-3H3. The fraction of sp³-hybridized carbons (Fsp3) is 0.609. The van der Waals surface area contributed by atoms with Gasteiger partial charge >= 0.3 is 0 Å². The van der Waals surface area contributed by atoms with Gasteiger partial charge in [-0.2, -0.15) is 0 Å². The van der Waals surface area contributed by atoms with E-state index in [0.29, 0.717) is 23.2 Å². The van der Waals surface area contributed by atoms with E-state index in [-0.39, 0.29) is 0 Å². The van der Waals surface area contributed by atoms with Crippen LogP contribution in [-0.2, 0) is 0 Å². The molecule has 496 valence electrons. The van der Waals surface area contributed by atoms with E-state index >= 15 is 0 Å². The lowest BCUT2D eigenvalue weighted by Crippen LogP contribution is -2.44. The van der Waals surface area contributed by atoms with Crippen molar-refractivity contribution < 1.29 is 0 Å². The fourth-order valence-corrected chi connectivity index (χ4v) is 12.0. The Kier molecular flexibility index (Phi) is 41.5. The lowest BCUT2D eigenvalue weighted by Gasteiger charge is -2.55. The Balaban J connectivity index is 0.000000965. The molecule has 0 saturated heterocycles. The normalized spacial score (nSPS) is 17.8. The number of benzene rings is 6. The number of fused-ring (bicyclic) bond motifs is 1. The zero-order valence-corrected chi connectivity index (χ0v) is 64.8. The van der Waals surface area contributed by atoms with E-state index in [4.69, 9.17) is 0 Å². The average Bonchev–Trinajstić information content (AvgIpc) is 0.922. The molecule has 88 heavy (non-hydrogen) atoms. The molecule has 0 atom stereocenters. The molecule has 0 radical (unpaired) electrons. The van der Waals surface area contributed by atoms with Crippen molar-refractivity contribution in [3.8, 4) is 0 Å². The number of aryl methyl sites for hydroxylation is 6. The summed E-state index contributed by atoms with van der Waals surface area (Å²) in [5, 5.41) is 2.68. The Hall–Kier alpha value is -4.20. The molecule has 0 nitrogen and oxygen atoms in total. The maximum absolute atomic E-state index is 2.54. The van der Waals surface area contributed by atoms with Crippen molar-refractivity contribution in [2.24, 2.45) is 46.3 Å². The first-order valence-corrected chi connectivity index (χ1v) is 39.4. The van der Waals surface area contributed by atoms with Crippen molar-refractivity contribution >= 4 is 18.8 Å². The molecule has 6 aromatic carbocycles. The molecule has 6 aromatic rings. The van der Waals surface area contributed by atoms with Crippen LogP contribution >= 0.6 is 0 Å². The lowest BCUT2D eigenvalue weighted by molar-refractivity contribution is -0.0411. The topological polar surface area (TPSA) is 0 Å². The summed E-state index contributed by atoms with van der Waals surface area (Å²) in [5.74, 6) is 8.11. The molecule has 5 aliphatic rings. The SMILES string of the molecule is CC(C)(C)C.CC(C)C.CC(C)c1ccccc1.CC12CC3CC(CC(C3)C1)C2.CC1CCCCC1.CCC(C)C.C[Si](C)(C)C.Cc1cc(C(C)C)c(C)c(C(C)C)c1.Cc1cc(C)c(C)c(C)c1.Cc1cccc2ccccc12.Cc1ccccc1. The Morgan fingerprint density at radius 3 is 1.10 bits per heavy atom. The van der Waals surface area contributed by atoms with Crippen LogP contribution in [-0.4, -0.2) is 8.07 Å². The van der Waals surface area contributed by atoms with Crippen LogP contribution in [0.25, 0.3) is 10.8 Å². The molecule has 5 aliphatic carbocycles. The molecule has 0 N–H and O–H groups in total. The summed E-state index contributed by atoms with van der Waals surface area (Å²) in [6.45, 7) is 66.9. The van der Waals surface area contributed by atoms with Gasteiger partial charge in [0.2, 0.25) is 0 Å². The van der Waals surface area contributed by atoms with Gasteiger partial charge in [-0.25, -0.2) is 0 Å². The molecule has 5 fully saturated rings. The Bertz CT molecular complexity index is 2570. The molecule has 5 saturated carbocycles. The third kappa shape index (κ3) is 41.2. The van der Waals surface area contributed by atoms with Crippen molar-refractivity contribution in [2.75, 3.05) is 0 Å². The largest absolute Gasteiger partial charge is 0.0697 e. The van der Waals surface area contributed by atoms with Crippen LogP contribution in [0.2, 0.25) is 26.2 Å². The molecule has 0 aliphatic heterocycles. The second-order valence-corrected chi connectivity index (χ2v) is 38.9. The van der Waals surface area contributed by atoms with E-state index in [1.54, 1.807) is 38.5 Å². The van der Waals surface area contributed by atoms with E-state index < -0.39 is 8.07 Å². The summed E-state index contributed by atoms with van der Waals surface area (Å²) in [5.41, 5.74) is 16.9. The Morgan fingerprint density at radius 2 is 0.807 bits per heavy atom. The van der Waals surface area contributed by atoms with E-state index in [0.717, 1.165) is 40.9 Å². The maximum atomic E-state index is 2.54. The van der Waals surface area contributed by atoms with Crippen LogP contribution in [0.15, 0.2) is 127 Å². The van der Waals surface area contributed by atoms with Crippen LogP contribution in [0.4, 0.5) is 0 Å². The summed E-state index contributed by atoms with van der Waals surface area (Å²) in [4.78, 5) is 0. The van der Waals surface area contributed by atoms with Gasteiger partial charge in [-0.3, -0.25) is 0 Å². The molecule has 0 spiro atoms. The van der Waals surface area contributed by atoms with Crippen LogP contribution in [0, 0.1) is 102 Å². The van der Waals surface area contributed by atoms with Gasteiger partial charge in [0, 0.05) is 8.07 Å². The predicted molar refractivity (Wildman–Crippen MR) is 408 cm³/mol. The number of hydrogen-bond donors (Lipinski definition) is 0. The summed E-state index contributed by atoms with van der Waals surface area (Å²) in [6.07, 6.45) is 18.2. The van der Waals surface area contributed by atoms with Gasteiger partial charge in [0.25, 0.3) is 0 Å². The molecule has 0 unspecified atom stereocenters. The summed E-state index contributed by atoms with van der Waals surface area (Å²) in [6, 6.07) is 44.7. The molecule has 0 aromatic heterocycles. The van der Waals surface area contributed by atoms with Gasteiger partial charge in [0.15, 0.2) is 0 Å². The first kappa shape index (κ1) is 83.8. The zero-order valence-electron chi connectivity index (χ0n) is 63.8. The first-order valence-electron chi connectivity index (χ1n) is 35.4. The highest BCUT2D eigenvalue weighted by Gasteiger charge is 2.48. The summed E-state index contributed by atoms with van der Waals surface area (Å²) in [7, 11) is -0.611. The third-order valence-corrected chi connectivity index (χ3v) is 16.4. The van der Waals surface area contributed by atoms with Crippen molar-refractivity contribution in [2.45, 2.75) is 301 Å². The Morgan fingerprint density at radius 1 is 0.455 bits per heavy atom. The molecule has 0 heterocycles. The quantitative estimate of drug-likeness (QED) is 0.154. The molecule has 11 rings (SSSR count). The van der Waals surface area contributed by atoms with Crippen LogP contribution in [0.5, 0.6) is 0 Å². The predicted octanol–water partition coefficient (Wildman–Crippen LogP) is 29.0. The van der Waals surface area contributed by atoms with Gasteiger partial charge in [-0.15, -0.1) is 0 Å². The third-order valence-electron chi connectivity index (χ3n) is 16.4. The first-order chi connectivity index (χ1) is 40.7. The number of hydrogen-bond acceptors (Lipinski definition) is 0. The molecular weight excluding hydrogens is 1070 g/mol. The van der Waals surface area contributed by atoms with Crippen molar-refractivity contribution in [1.29, 1.82) is 0 Å². The van der Waals surface area contributed by atoms with Crippen LogP contribution < -0.4 is 0 Å². The highest BCUT2D eigenvalue weighted by atomic mass is 28.3. The van der Waals surface area contributed by atoms with Gasteiger partial charge in [0.05, 0.1) is 0 Å². The van der Waals surface area contributed by atoms with Gasteiger partial charge in [0.1, 0.15) is 0 Å². The highest BCUT2D eigenvalue weighted by molar-refractivity contribution is 6.74. The minimum atomic E-state index is -0.611.